The summed E-state index contributed by atoms with van der Waals surface area (Å²) in [6.07, 6.45) is 11.6. The van der Waals surface area contributed by atoms with Gasteiger partial charge in [0, 0.05) is 32.2 Å². The highest BCUT2D eigenvalue weighted by Gasteiger charge is 2.44. The average Bonchev–Trinajstić information content (AvgIpc) is 3.51. The van der Waals surface area contributed by atoms with E-state index in [2.05, 4.69) is 6.08 Å². The number of aliphatic hydroxyl groups is 1. The number of aliphatic hydroxyl groups excluding tert-OH is 1. The van der Waals surface area contributed by atoms with Gasteiger partial charge in [-0.1, -0.05) is 19.3 Å². The van der Waals surface area contributed by atoms with Gasteiger partial charge < -0.3 is 19.5 Å². The van der Waals surface area contributed by atoms with Gasteiger partial charge in [-0.15, -0.1) is 0 Å². The van der Waals surface area contributed by atoms with Crippen molar-refractivity contribution in [2.45, 2.75) is 77.0 Å². The first-order valence-corrected chi connectivity index (χ1v) is 10.5. The van der Waals surface area contributed by atoms with Crippen molar-refractivity contribution in [1.82, 2.24) is 4.90 Å². The van der Waals surface area contributed by atoms with Crippen LogP contribution in [0.4, 0.5) is 0 Å². The lowest BCUT2D eigenvalue weighted by molar-refractivity contribution is -0.177. The molecule has 5 heteroatoms. The molecule has 3 rings (SSSR count). The minimum atomic E-state index is -0.374. The van der Waals surface area contributed by atoms with Gasteiger partial charge in [0.1, 0.15) is 0 Å². The van der Waals surface area contributed by atoms with E-state index in [9.17, 15) is 9.90 Å². The third kappa shape index (κ3) is 4.61. The highest BCUT2D eigenvalue weighted by molar-refractivity contribution is 5.91. The van der Waals surface area contributed by atoms with Crippen molar-refractivity contribution in [2.24, 2.45) is 17.8 Å². The lowest BCUT2D eigenvalue weighted by Gasteiger charge is -2.39. The van der Waals surface area contributed by atoms with E-state index in [0.29, 0.717) is 30.2 Å². The molecule has 0 saturated heterocycles. The van der Waals surface area contributed by atoms with E-state index in [1.807, 2.05) is 18.9 Å². The minimum absolute atomic E-state index is 0.00728. The van der Waals surface area contributed by atoms with E-state index in [1.165, 1.54) is 32.1 Å². The molecule has 0 aromatic rings. The normalized spacial score (nSPS) is 29.8. The SMILES string of the molecule is CCO[C@H]1OC(C(=O)N(C)C2CCCCC2)=C[C@@H](C2CC2)[C@@H]1CCCO. The molecule has 5 nitrogen and oxygen atoms in total. The molecule has 0 spiro atoms. The topological polar surface area (TPSA) is 59.0 Å². The van der Waals surface area contributed by atoms with Crippen LogP contribution in [0.2, 0.25) is 0 Å². The highest BCUT2D eigenvalue weighted by atomic mass is 16.7. The van der Waals surface area contributed by atoms with Crippen LogP contribution in [0.15, 0.2) is 11.8 Å². The van der Waals surface area contributed by atoms with E-state index >= 15 is 0 Å². The maximum atomic E-state index is 13.1. The summed E-state index contributed by atoms with van der Waals surface area (Å²) in [6, 6.07) is 0.331. The first kappa shape index (κ1) is 19.7. The lowest BCUT2D eigenvalue weighted by atomic mass is 9.82. The van der Waals surface area contributed by atoms with Crippen molar-refractivity contribution in [3.05, 3.63) is 11.8 Å². The van der Waals surface area contributed by atoms with Crippen LogP contribution >= 0.6 is 0 Å². The number of hydrogen-bond donors (Lipinski definition) is 1. The van der Waals surface area contributed by atoms with Crippen molar-refractivity contribution in [1.29, 1.82) is 0 Å². The molecule has 1 N–H and O–H groups in total. The number of likely N-dealkylation sites (N-methyl/N-ethyl adjacent to an activating group) is 1. The standard InChI is InChI=1S/C21H35NO4/c1-3-25-21-17(10-7-13-23)18(15-11-12-15)14-19(26-21)20(24)22(2)16-8-5-4-6-9-16/h14-18,21,23H,3-13H2,1-2H3/t17-,18-,21-/m0/s1. The molecule has 3 atom stereocenters. The molecule has 0 bridgehead atoms. The molecule has 148 valence electrons. The summed E-state index contributed by atoms with van der Waals surface area (Å²) in [4.78, 5) is 15.0. The Morgan fingerprint density at radius 3 is 2.62 bits per heavy atom. The van der Waals surface area contributed by atoms with Crippen molar-refractivity contribution in [3.63, 3.8) is 0 Å². The van der Waals surface area contributed by atoms with Gasteiger partial charge >= 0.3 is 0 Å². The third-order valence-corrected chi connectivity index (χ3v) is 6.28. The zero-order valence-electron chi connectivity index (χ0n) is 16.4. The van der Waals surface area contributed by atoms with Crippen molar-refractivity contribution in [3.8, 4) is 0 Å². The summed E-state index contributed by atoms with van der Waals surface area (Å²) in [6.45, 7) is 2.72. The fourth-order valence-electron chi connectivity index (χ4n) is 4.61. The molecular formula is C21H35NO4. The first-order chi connectivity index (χ1) is 12.7. The van der Waals surface area contributed by atoms with Crippen molar-refractivity contribution in [2.75, 3.05) is 20.3 Å². The van der Waals surface area contributed by atoms with Gasteiger partial charge in [-0.25, -0.2) is 0 Å². The van der Waals surface area contributed by atoms with E-state index in [-0.39, 0.29) is 24.7 Å². The van der Waals surface area contributed by atoms with Crippen LogP contribution in [0.25, 0.3) is 0 Å². The summed E-state index contributed by atoms with van der Waals surface area (Å²) in [5.41, 5.74) is 0. The molecule has 3 aliphatic rings. The maximum absolute atomic E-state index is 13.1. The fourth-order valence-corrected chi connectivity index (χ4v) is 4.61. The average molecular weight is 366 g/mol. The van der Waals surface area contributed by atoms with Crippen LogP contribution in [-0.4, -0.2) is 48.5 Å². The molecular weight excluding hydrogens is 330 g/mol. The number of amides is 1. The monoisotopic (exact) mass is 365 g/mol. The van der Waals surface area contributed by atoms with Crippen LogP contribution < -0.4 is 0 Å². The summed E-state index contributed by atoms with van der Waals surface area (Å²) in [5, 5.41) is 9.25. The molecule has 0 radical (unpaired) electrons. The second-order valence-electron chi connectivity index (χ2n) is 8.12. The Labute approximate surface area is 157 Å². The molecule has 2 saturated carbocycles. The van der Waals surface area contributed by atoms with E-state index < -0.39 is 0 Å². The smallest absolute Gasteiger partial charge is 0.288 e. The summed E-state index contributed by atoms with van der Waals surface area (Å²) >= 11 is 0. The number of hydrogen-bond acceptors (Lipinski definition) is 4. The van der Waals surface area contributed by atoms with Gasteiger partial charge in [0.25, 0.3) is 5.91 Å². The van der Waals surface area contributed by atoms with E-state index in [1.54, 1.807) is 0 Å². The Bertz CT molecular complexity index is 496. The number of carbonyl (C=O) groups is 1. The Balaban J connectivity index is 1.75. The Morgan fingerprint density at radius 2 is 2.00 bits per heavy atom. The third-order valence-electron chi connectivity index (χ3n) is 6.28. The number of allylic oxidation sites excluding steroid dienone is 1. The molecule has 26 heavy (non-hydrogen) atoms. The Kier molecular flexibility index (Phi) is 6.98. The fraction of sp³-hybridized carbons (Fsp3) is 0.857. The molecule has 0 aromatic carbocycles. The van der Waals surface area contributed by atoms with E-state index in [4.69, 9.17) is 9.47 Å². The predicted octanol–water partition coefficient (Wildman–Crippen LogP) is 3.47. The molecule has 1 heterocycles. The van der Waals surface area contributed by atoms with Crippen LogP contribution in [0.3, 0.4) is 0 Å². The molecule has 2 fully saturated rings. The molecule has 0 aromatic heterocycles. The lowest BCUT2D eigenvalue weighted by Crippen LogP contribution is -2.44. The van der Waals surface area contributed by atoms with Gasteiger partial charge in [-0.05, 0) is 63.4 Å². The predicted molar refractivity (Wildman–Crippen MR) is 100 cm³/mol. The van der Waals surface area contributed by atoms with Crippen LogP contribution in [0.5, 0.6) is 0 Å². The van der Waals surface area contributed by atoms with Gasteiger partial charge in [-0.3, -0.25) is 4.79 Å². The molecule has 0 unspecified atom stereocenters. The zero-order chi connectivity index (χ0) is 18.5. The Morgan fingerprint density at radius 1 is 1.27 bits per heavy atom. The second kappa shape index (κ2) is 9.23. The van der Waals surface area contributed by atoms with Gasteiger partial charge in [0.05, 0.1) is 0 Å². The van der Waals surface area contributed by atoms with Gasteiger partial charge in [0.15, 0.2) is 5.76 Å². The van der Waals surface area contributed by atoms with Crippen LogP contribution in [-0.2, 0) is 14.3 Å². The highest BCUT2D eigenvalue weighted by Crippen LogP contribution is 2.47. The minimum Gasteiger partial charge on any atom is -0.459 e. The van der Waals surface area contributed by atoms with Crippen molar-refractivity contribution >= 4 is 5.91 Å². The number of carbonyl (C=O) groups excluding carboxylic acids is 1. The quantitative estimate of drug-likeness (QED) is 0.715. The largest absolute Gasteiger partial charge is 0.459 e. The summed E-state index contributed by atoms with van der Waals surface area (Å²) in [7, 11) is 1.92. The maximum Gasteiger partial charge on any atom is 0.288 e. The molecule has 2 aliphatic carbocycles. The molecule has 1 amide bonds. The van der Waals surface area contributed by atoms with Crippen LogP contribution in [0, 0.1) is 17.8 Å². The van der Waals surface area contributed by atoms with Gasteiger partial charge in [0.2, 0.25) is 6.29 Å². The number of rotatable bonds is 8. The second-order valence-corrected chi connectivity index (χ2v) is 8.12. The van der Waals surface area contributed by atoms with Crippen LogP contribution in [0.1, 0.15) is 64.7 Å². The Hall–Kier alpha value is -1.07. The first-order valence-electron chi connectivity index (χ1n) is 10.5. The van der Waals surface area contributed by atoms with Crippen molar-refractivity contribution < 1.29 is 19.4 Å². The summed E-state index contributed by atoms with van der Waals surface area (Å²) in [5.74, 6) is 1.67. The number of ether oxygens (including phenoxy) is 2. The summed E-state index contributed by atoms with van der Waals surface area (Å²) < 4.78 is 12.0. The van der Waals surface area contributed by atoms with Gasteiger partial charge in [-0.2, -0.15) is 0 Å². The van der Waals surface area contributed by atoms with E-state index in [0.717, 1.165) is 25.7 Å². The number of nitrogens with zero attached hydrogens (tertiary/aromatic N) is 1. The zero-order valence-corrected chi connectivity index (χ0v) is 16.4. The molecule has 1 aliphatic heterocycles.